The van der Waals surface area contributed by atoms with Crippen LogP contribution < -0.4 is 0 Å². The number of hydrogen-bond acceptors (Lipinski definition) is 1. The summed E-state index contributed by atoms with van der Waals surface area (Å²) in [6.45, 7) is 6.76. The normalized spacial score (nSPS) is 23.1. The third kappa shape index (κ3) is 7.45. The number of halogens is 4. The monoisotopic (exact) mass is 240 g/mol. The van der Waals surface area contributed by atoms with Gasteiger partial charge in [0, 0.05) is 0 Å². The van der Waals surface area contributed by atoms with E-state index >= 15 is 0 Å². The summed E-state index contributed by atoms with van der Waals surface area (Å²) in [6, 6.07) is 0. The largest absolute Gasteiger partial charge is 0.673 e. The predicted molar refractivity (Wildman–Crippen MR) is 58.4 cm³/mol. The standard InChI is InChI=1S/C9H17N2.BF4/c1-3-5-7-11(4-2)8-6-10-9-11;2-1(3,4)5/h6,8-9H,3-5,7H2,1-2H3;/q+1;-1. The van der Waals surface area contributed by atoms with E-state index in [9.17, 15) is 17.3 Å². The number of nitrogens with zero attached hydrogens (tertiary/aromatic N) is 2. The van der Waals surface area contributed by atoms with Crippen LogP contribution in [0.2, 0.25) is 0 Å². The molecule has 2 nitrogen and oxygen atoms in total. The average Bonchev–Trinajstić information content (AvgIpc) is 2.61. The number of rotatable bonds is 4. The Balaban J connectivity index is 0.000000385. The summed E-state index contributed by atoms with van der Waals surface area (Å²) in [4.78, 5) is 4.13. The number of quaternary nitrogens is 1. The quantitative estimate of drug-likeness (QED) is 0.405. The average molecular weight is 240 g/mol. The molecular formula is C9H17BF4N2. The van der Waals surface area contributed by atoms with Gasteiger partial charge in [-0.05, 0) is 13.3 Å². The maximum atomic E-state index is 9.75. The molecule has 0 radical (unpaired) electrons. The molecule has 0 spiro atoms. The van der Waals surface area contributed by atoms with Crippen LogP contribution in [0.25, 0.3) is 0 Å². The van der Waals surface area contributed by atoms with Crippen LogP contribution >= 0.6 is 0 Å². The van der Waals surface area contributed by atoms with Crippen molar-refractivity contribution in [3.8, 4) is 0 Å². The van der Waals surface area contributed by atoms with Crippen LogP contribution in [0.3, 0.4) is 0 Å². The summed E-state index contributed by atoms with van der Waals surface area (Å²) in [5, 5.41) is 0. The van der Waals surface area contributed by atoms with Crippen LogP contribution in [0.5, 0.6) is 0 Å². The molecule has 0 fully saturated rings. The molecule has 1 rings (SSSR count). The highest BCUT2D eigenvalue weighted by Crippen LogP contribution is 2.12. The SMILES string of the molecule is CCCC[N+]1(CC)C=CN=C1.F[B-](F)(F)F. The summed E-state index contributed by atoms with van der Waals surface area (Å²) < 4.78 is 40.0. The van der Waals surface area contributed by atoms with Gasteiger partial charge in [-0.1, -0.05) is 13.3 Å². The van der Waals surface area contributed by atoms with Crippen molar-refractivity contribution in [2.75, 3.05) is 13.1 Å². The van der Waals surface area contributed by atoms with Crippen LogP contribution in [0.1, 0.15) is 26.7 Å². The fraction of sp³-hybridized carbons (Fsp3) is 0.667. The first-order chi connectivity index (χ1) is 7.33. The molecule has 0 aromatic carbocycles. The Morgan fingerprint density at radius 2 is 1.75 bits per heavy atom. The first-order valence-corrected chi connectivity index (χ1v) is 5.29. The summed E-state index contributed by atoms with van der Waals surface area (Å²) in [7, 11) is -6.00. The zero-order valence-electron chi connectivity index (χ0n) is 9.54. The fourth-order valence-corrected chi connectivity index (χ4v) is 1.31. The van der Waals surface area contributed by atoms with Gasteiger partial charge in [0.05, 0.1) is 19.3 Å². The van der Waals surface area contributed by atoms with Crippen molar-refractivity contribution in [2.45, 2.75) is 26.7 Å². The van der Waals surface area contributed by atoms with Crippen molar-refractivity contribution in [1.82, 2.24) is 0 Å². The minimum Gasteiger partial charge on any atom is -0.418 e. The van der Waals surface area contributed by atoms with E-state index < -0.39 is 7.25 Å². The second kappa shape index (κ2) is 6.68. The van der Waals surface area contributed by atoms with E-state index in [2.05, 4.69) is 25.0 Å². The third-order valence-electron chi connectivity index (χ3n) is 2.26. The Kier molecular flexibility index (Phi) is 6.32. The van der Waals surface area contributed by atoms with E-state index in [-0.39, 0.29) is 0 Å². The van der Waals surface area contributed by atoms with Crippen molar-refractivity contribution in [2.24, 2.45) is 4.99 Å². The van der Waals surface area contributed by atoms with Crippen molar-refractivity contribution in [3.05, 3.63) is 12.4 Å². The van der Waals surface area contributed by atoms with Gasteiger partial charge < -0.3 is 17.3 Å². The van der Waals surface area contributed by atoms with Gasteiger partial charge in [-0.25, -0.2) is 4.99 Å². The van der Waals surface area contributed by atoms with Gasteiger partial charge in [-0.15, -0.1) is 0 Å². The molecule has 0 aromatic rings. The first kappa shape index (κ1) is 15.2. The van der Waals surface area contributed by atoms with Crippen LogP contribution in [-0.4, -0.2) is 31.2 Å². The highest BCUT2D eigenvalue weighted by molar-refractivity contribution is 6.50. The molecule has 94 valence electrons. The molecule has 1 heterocycles. The Bertz CT molecular complexity index is 232. The van der Waals surface area contributed by atoms with Crippen molar-refractivity contribution in [3.63, 3.8) is 0 Å². The second-order valence-electron chi connectivity index (χ2n) is 3.55. The van der Waals surface area contributed by atoms with Gasteiger partial charge in [-0.3, -0.25) is 4.48 Å². The maximum Gasteiger partial charge on any atom is 0.673 e. The summed E-state index contributed by atoms with van der Waals surface area (Å²) >= 11 is 0. The van der Waals surface area contributed by atoms with E-state index in [0.29, 0.717) is 0 Å². The Morgan fingerprint density at radius 1 is 1.19 bits per heavy atom. The van der Waals surface area contributed by atoms with Gasteiger partial charge in [-0.2, -0.15) is 0 Å². The summed E-state index contributed by atoms with van der Waals surface area (Å²) in [5.74, 6) is 0. The number of aliphatic imine (C=N–C) groups is 1. The minimum absolute atomic E-state index is 0.952. The molecule has 0 aromatic heterocycles. The van der Waals surface area contributed by atoms with E-state index in [1.807, 2.05) is 12.5 Å². The Morgan fingerprint density at radius 3 is 2.06 bits per heavy atom. The van der Waals surface area contributed by atoms with E-state index in [0.717, 1.165) is 11.0 Å². The highest BCUT2D eigenvalue weighted by Gasteiger charge is 2.22. The molecule has 16 heavy (non-hydrogen) atoms. The van der Waals surface area contributed by atoms with Crippen molar-refractivity contribution in [1.29, 1.82) is 0 Å². The van der Waals surface area contributed by atoms with Gasteiger partial charge in [0.15, 0.2) is 6.34 Å². The van der Waals surface area contributed by atoms with Crippen LogP contribution in [0, 0.1) is 0 Å². The summed E-state index contributed by atoms with van der Waals surface area (Å²) in [5.41, 5.74) is 0. The third-order valence-corrected chi connectivity index (χ3v) is 2.26. The van der Waals surface area contributed by atoms with E-state index in [1.54, 1.807) is 0 Å². The van der Waals surface area contributed by atoms with Crippen LogP contribution in [0.15, 0.2) is 17.4 Å². The second-order valence-corrected chi connectivity index (χ2v) is 3.55. The Hall–Kier alpha value is -0.845. The van der Waals surface area contributed by atoms with Gasteiger partial charge in [0.1, 0.15) is 6.20 Å². The Labute approximate surface area is 93.4 Å². The van der Waals surface area contributed by atoms with Gasteiger partial charge in [0.25, 0.3) is 0 Å². The maximum absolute atomic E-state index is 9.75. The molecule has 1 unspecified atom stereocenters. The lowest BCUT2D eigenvalue weighted by molar-refractivity contribution is -0.777. The zero-order chi connectivity index (χ0) is 12.7. The zero-order valence-corrected chi connectivity index (χ0v) is 9.54. The lowest BCUT2D eigenvalue weighted by Crippen LogP contribution is -2.40. The molecule has 1 atom stereocenters. The first-order valence-electron chi connectivity index (χ1n) is 5.29. The topological polar surface area (TPSA) is 12.4 Å². The summed E-state index contributed by atoms with van der Waals surface area (Å²) in [6.07, 6.45) is 8.66. The lowest BCUT2D eigenvalue weighted by Gasteiger charge is -2.25. The molecule has 0 aliphatic carbocycles. The number of hydrogen-bond donors (Lipinski definition) is 0. The molecule has 0 N–H and O–H groups in total. The molecule has 7 heteroatoms. The van der Waals surface area contributed by atoms with Crippen LogP contribution in [-0.2, 0) is 0 Å². The molecule has 0 bridgehead atoms. The molecule has 0 amide bonds. The fourth-order valence-electron chi connectivity index (χ4n) is 1.31. The molecule has 1 aliphatic heterocycles. The van der Waals surface area contributed by atoms with E-state index in [4.69, 9.17) is 0 Å². The van der Waals surface area contributed by atoms with E-state index in [1.165, 1.54) is 19.4 Å². The lowest BCUT2D eigenvalue weighted by atomic mass is 10.3. The molecule has 0 saturated heterocycles. The van der Waals surface area contributed by atoms with Gasteiger partial charge in [0.2, 0.25) is 0 Å². The molecule has 1 aliphatic rings. The van der Waals surface area contributed by atoms with Crippen molar-refractivity contribution < 1.29 is 21.7 Å². The highest BCUT2D eigenvalue weighted by atomic mass is 19.5. The minimum atomic E-state index is -6.00. The molecular weight excluding hydrogens is 223 g/mol. The molecule has 0 saturated carbocycles. The predicted octanol–water partition coefficient (Wildman–Crippen LogP) is 3.44. The smallest absolute Gasteiger partial charge is 0.418 e. The number of unbranched alkanes of at least 4 members (excludes halogenated alkanes) is 1. The van der Waals surface area contributed by atoms with Crippen molar-refractivity contribution >= 4 is 13.6 Å². The van der Waals surface area contributed by atoms with Gasteiger partial charge >= 0.3 is 7.25 Å². The van der Waals surface area contributed by atoms with Crippen LogP contribution in [0.4, 0.5) is 17.3 Å².